The van der Waals surface area contributed by atoms with Crippen LogP contribution in [-0.2, 0) is 16.1 Å². The molecule has 0 atom stereocenters. The van der Waals surface area contributed by atoms with Gasteiger partial charge in [0.15, 0.2) is 0 Å². The van der Waals surface area contributed by atoms with Gasteiger partial charge in [0, 0.05) is 51.5 Å². The number of methoxy groups -OCH3 is 1. The lowest BCUT2D eigenvalue weighted by Crippen LogP contribution is -2.56. The number of fused-ring (bicyclic) bond motifs is 1. The minimum absolute atomic E-state index is 0.0429. The van der Waals surface area contributed by atoms with Crippen LogP contribution in [-0.4, -0.2) is 73.7 Å². The average molecular weight is 450 g/mol. The van der Waals surface area contributed by atoms with E-state index in [0.717, 1.165) is 35.7 Å². The summed E-state index contributed by atoms with van der Waals surface area (Å²) in [6.45, 7) is 4.58. The van der Waals surface area contributed by atoms with Crippen molar-refractivity contribution in [1.82, 2.24) is 9.80 Å². The van der Waals surface area contributed by atoms with Gasteiger partial charge in [-0.05, 0) is 36.6 Å². The molecule has 5 rings (SSSR count). The average Bonchev–Trinajstić information content (AvgIpc) is 3.22. The van der Waals surface area contributed by atoms with E-state index >= 15 is 0 Å². The number of rotatable bonds is 5. The van der Waals surface area contributed by atoms with Gasteiger partial charge in [-0.3, -0.25) is 9.59 Å². The number of nitrogens with zero attached hydrogens (tertiary/aromatic N) is 3. The molecule has 174 valence electrons. The number of hydrogen-bond acceptors (Lipinski definition) is 5. The van der Waals surface area contributed by atoms with Gasteiger partial charge in [0.2, 0.25) is 5.91 Å². The van der Waals surface area contributed by atoms with Gasteiger partial charge < -0.3 is 24.2 Å². The molecule has 33 heavy (non-hydrogen) atoms. The number of carbonyl (C=O) groups excluding carboxylic acids is 2. The van der Waals surface area contributed by atoms with E-state index in [4.69, 9.17) is 9.47 Å². The highest BCUT2D eigenvalue weighted by Crippen LogP contribution is 2.38. The number of hydrogen-bond donors (Lipinski definition) is 0. The molecule has 2 saturated heterocycles. The molecule has 0 unspecified atom stereocenters. The molecule has 0 aliphatic carbocycles. The third-order valence-corrected chi connectivity index (χ3v) is 7.36. The highest BCUT2D eigenvalue weighted by molar-refractivity contribution is 5.99. The summed E-state index contributed by atoms with van der Waals surface area (Å²) in [5, 5.41) is 0. The number of para-hydroxylation sites is 2. The second-order valence-electron chi connectivity index (χ2n) is 9.10. The van der Waals surface area contributed by atoms with Crippen molar-refractivity contribution in [2.75, 3.05) is 51.4 Å². The van der Waals surface area contributed by atoms with E-state index in [-0.39, 0.29) is 11.8 Å². The summed E-state index contributed by atoms with van der Waals surface area (Å²) in [5.41, 5.74) is 2.39. The molecule has 0 saturated carbocycles. The first-order valence-electron chi connectivity index (χ1n) is 11.7. The highest BCUT2D eigenvalue weighted by Gasteiger charge is 2.46. The van der Waals surface area contributed by atoms with Gasteiger partial charge in [-0.15, -0.1) is 0 Å². The van der Waals surface area contributed by atoms with Gasteiger partial charge in [-0.25, -0.2) is 0 Å². The van der Waals surface area contributed by atoms with Crippen molar-refractivity contribution in [3.8, 4) is 5.75 Å². The van der Waals surface area contributed by atoms with E-state index in [0.29, 0.717) is 52.1 Å². The molecular formula is C26H31N3O4. The quantitative estimate of drug-likeness (QED) is 0.703. The molecule has 2 aromatic rings. The summed E-state index contributed by atoms with van der Waals surface area (Å²) in [4.78, 5) is 32.9. The normalized spacial score (nSPS) is 20.0. The Morgan fingerprint density at radius 3 is 2.42 bits per heavy atom. The Balaban J connectivity index is 1.28. The first-order chi connectivity index (χ1) is 16.1. The van der Waals surface area contributed by atoms with Crippen molar-refractivity contribution < 1.29 is 19.1 Å². The van der Waals surface area contributed by atoms with Crippen LogP contribution in [0.1, 0.15) is 35.2 Å². The summed E-state index contributed by atoms with van der Waals surface area (Å²) in [6.07, 6.45) is 1.74. The van der Waals surface area contributed by atoms with Crippen molar-refractivity contribution in [3.05, 3.63) is 59.7 Å². The summed E-state index contributed by atoms with van der Waals surface area (Å²) >= 11 is 0. The minimum atomic E-state index is -0.481. The van der Waals surface area contributed by atoms with Crippen LogP contribution in [0.15, 0.2) is 48.5 Å². The minimum Gasteiger partial charge on any atom is -0.495 e. The lowest BCUT2D eigenvalue weighted by Gasteiger charge is -2.45. The molecule has 2 aromatic carbocycles. The fourth-order valence-electron chi connectivity index (χ4n) is 5.41. The zero-order chi connectivity index (χ0) is 22.8. The van der Waals surface area contributed by atoms with E-state index < -0.39 is 5.54 Å². The molecule has 7 nitrogen and oxygen atoms in total. The molecule has 7 heteroatoms. The molecule has 2 fully saturated rings. The molecule has 0 radical (unpaired) electrons. The van der Waals surface area contributed by atoms with E-state index in [1.807, 2.05) is 52.3 Å². The van der Waals surface area contributed by atoms with E-state index in [9.17, 15) is 9.59 Å². The molecule has 0 spiro atoms. The van der Waals surface area contributed by atoms with Gasteiger partial charge in [0.05, 0.1) is 24.8 Å². The fourth-order valence-corrected chi connectivity index (χ4v) is 5.41. The van der Waals surface area contributed by atoms with Crippen LogP contribution < -0.4 is 9.64 Å². The molecule has 3 aliphatic heterocycles. The molecule has 0 N–H and O–H groups in total. The van der Waals surface area contributed by atoms with Gasteiger partial charge in [0.1, 0.15) is 5.75 Å². The van der Waals surface area contributed by atoms with Crippen LogP contribution in [0.4, 0.5) is 5.69 Å². The predicted octanol–water partition coefficient (Wildman–Crippen LogP) is 2.94. The Morgan fingerprint density at radius 2 is 1.70 bits per heavy atom. The Kier molecular flexibility index (Phi) is 5.98. The van der Waals surface area contributed by atoms with Crippen LogP contribution in [0.5, 0.6) is 5.75 Å². The number of amides is 2. The van der Waals surface area contributed by atoms with E-state index in [1.54, 1.807) is 7.11 Å². The smallest absolute Gasteiger partial charge is 0.254 e. The zero-order valence-corrected chi connectivity index (χ0v) is 19.2. The predicted molar refractivity (Wildman–Crippen MR) is 126 cm³/mol. The zero-order valence-electron chi connectivity index (χ0n) is 19.2. The first-order valence-corrected chi connectivity index (χ1v) is 11.7. The van der Waals surface area contributed by atoms with E-state index in [2.05, 4.69) is 11.0 Å². The second kappa shape index (κ2) is 9.06. The van der Waals surface area contributed by atoms with Crippen molar-refractivity contribution in [1.29, 1.82) is 0 Å². The Bertz CT molecular complexity index is 1030. The van der Waals surface area contributed by atoms with Crippen molar-refractivity contribution >= 4 is 17.5 Å². The van der Waals surface area contributed by atoms with Crippen LogP contribution in [0.25, 0.3) is 0 Å². The first kappa shape index (κ1) is 21.8. The van der Waals surface area contributed by atoms with E-state index in [1.165, 1.54) is 0 Å². The van der Waals surface area contributed by atoms with Crippen molar-refractivity contribution in [2.24, 2.45) is 0 Å². The van der Waals surface area contributed by atoms with Gasteiger partial charge >= 0.3 is 0 Å². The lowest BCUT2D eigenvalue weighted by atomic mass is 9.84. The summed E-state index contributed by atoms with van der Waals surface area (Å²) < 4.78 is 11.1. The number of anilines is 1. The fraction of sp³-hybridized carbons (Fsp3) is 0.462. The largest absolute Gasteiger partial charge is 0.495 e. The Morgan fingerprint density at radius 1 is 1.00 bits per heavy atom. The second-order valence-corrected chi connectivity index (χ2v) is 9.10. The number of benzene rings is 2. The van der Waals surface area contributed by atoms with Crippen LogP contribution in [0, 0.1) is 0 Å². The monoisotopic (exact) mass is 449 g/mol. The third-order valence-electron chi connectivity index (χ3n) is 7.36. The van der Waals surface area contributed by atoms with Crippen LogP contribution in [0.3, 0.4) is 0 Å². The summed E-state index contributed by atoms with van der Waals surface area (Å²) in [6, 6.07) is 15.8. The van der Waals surface area contributed by atoms with Gasteiger partial charge in [-0.2, -0.15) is 0 Å². The summed E-state index contributed by atoms with van der Waals surface area (Å²) in [7, 11) is 1.68. The van der Waals surface area contributed by atoms with Crippen molar-refractivity contribution in [2.45, 2.75) is 31.3 Å². The highest BCUT2D eigenvalue weighted by atomic mass is 16.5. The standard InChI is InChI=1S/C26H31N3O4/c1-32-23-9-5-4-8-22(23)27-12-14-28(15-13-27)24(30)18-26(10-16-33-17-11-26)29-19-20-6-2-3-7-21(20)25(29)31/h2-9H,10-19H2,1H3. The third kappa shape index (κ3) is 4.06. The molecule has 3 aliphatic rings. The molecular weight excluding hydrogens is 418 g/mol. The van der Waals surface area contributed by atoms with Crippen molar-refractivity contribution in [3.63, 3.8) is 0 Å². The number of piperazine rings is 1. The SMILES string of the molecule is COc1ccccc1N1CCN(C(=O)CC2(N3Cc4ccccc4C3=O)CCOCC2)CC1. The summed E-state index contributed by atoms with van der Waals surface area (Å²) in [5.74, 6) is 1.02. The molecule has 3 heterocycles. The topological polar surface area (TPSA) is 62.3 Å². The maximum Gasteiger partial charge on any atom is 0.254 e. The van der Waals surface area contributed by atoms with Crippen LogP contribution >= 0.6 is 0 Å². The maximum absolute atomic E-state index is 13.5. The van der Waals surface area contributed by atoms with Crippen LogP contribution in [0.2, 0.25) is 0 Å². The van der Waals surface area contributed by atoms with Gasteiger partial charge in [0.25, 0.3) is 5.91 Å². The molecule has 2 amide bonds. The molecule has 0 bridgehead atoms. The lowest BCUT2D eigenvalue weighted by molar-refractivity contribution is -0.136. The Hall–Kier alpha value is -3.06. The van der Waals surface area contributed by atoms with Gasteiger partial charge in [-0.1, -0.05) is 30.3 Å². The molecule has 0 aromatic heterocycles. The maximum atomic E-state index is 13.5. The number of ether oxygens (including phenoxy) is 2. The Labute approximate surface area is 194 Å². The number of carbonyl (C=O) groups is 2.